The molecule has 1 atom stereocenters. The molecule has 0 saturated carbocycles. The van der Waals surface area contributed by atoms with E-state index in [-0.39, 0.29) is 18.1 Å². The highest BCUT2D eigenvalue weighted by Gasteiger charge is 2.27. The van der Waals surface area contributed by atoms with Gasteiger partial charge in [0, 0.05) is 6.04 Å². The van der Waals surface area contributed by atoms with Gasteiger partial charge in [0.05, 0.1) is 6.61 Å². The fraction of sp³-hybridized carbons (Fsp3) is 0.538. The third kappa shape index (κ3) is 3.99. The molecule has 1 unspecified atom stereocenters. The Morgan fingerprint density at radius 1 is 1.37 bits per heavy atom. The van der Waals surface area contributed by atoms with Gasteiger partial charge in [0.15, 0.2) is 0 Å². The van der Waals surface area contributed by atoms with E-state index in [0.29, 0.717) is 5.56 Å². The number of hydrogen-bond acceptors (Lipinski definition) is 3. The van der Waals surface area contributed by atoms with Crippen molar-refractivity contribution in [2.75, 3.05) is 0 Å². The maximum atomic E-state index is 13.6. The Hall–Kier alpha value is -0.980. The molecule has 19 heavy (non-hydrogen) atoms. The summed E-state index contributed by atoms with van der Waals surface area (Å²) >= 11 is 0. The fourth-order valence-corrected chi connectivity index (χ4v) is 2.90. The van der Waals surface area contributed by atoms with Crippen molar-refractivity contribution in [3.05, 3.63) is 29.6 Å². The zero-order valence-corrected chi connectivity index (χ0v) is 12.4. The monoisotopic (exact) mass is 289 g/mol. The summed E-state index contributed by atoms with van der Waals surface area (Å²) in [7, 11) is -3.94. The van der Waals surface area contributed by atoms with E-state index < -0.39 is 20.7 Å². The van der Waals surface area contributed by atoms with E-state index in [1.165, 1.54) is 6.07 Å². The van der Waals surface area contributed by atoms with Gasteiger partial charge in [-0.1, -0.05) is 26.8 Å². The quantitative estimate of drug-likeness (QED) is 0.891. The van der Waals surface area contributed by atoms with E-state index >= 15 is 0 Å². The van der Waals surface area contributed by atoms with Gasteiger partial charge >= 0.3 is 0 Å². The summed E-state index contributed by atoms with van der Waals surface area (Å²) in [5.41, 5.74) is 0.0724. The first-order valence-corrected chi connectivity index (χ1v) is 7.48. The van der Waals surface area contributed by atoms with Gasteiger partial charge in [-0.3, -0.25) is 0 Å². The van der Waals surface area contributed by atoms with Crippen LogP contribution in [0.25, 0.3) is 0 Å². The third-order valence-corrected chi connectivity index (χ3v) is 4.65. The molecule has 0 saturated heterocycles. The topological polar surface area (TPSA) is 66.4 Å². The lowest BCUT2D eigenvalue weighted by Gasteiger charge is -2.27. The molecule has 108 valence electrons. The van der Waals surface area contributed by atoms with E-state index in [1.807, 2.05) is 20.8 Å². The SMILES string of the molecule is CC(NS(=O)(=O)c1cc(CO)ccc1F)C(C)(C)C. The smallest absolute Gasteiger partial charge is 0.243 e. The van der Waals surface area contributed by atoms with Gasteiger partial charge in [0.2, 0.25) is 10.0 Å². The molecule has 0 bridgehead atoms. The molecule has 0 aromatic heterocycles. The first-order chi connectivity index (χ1) is 8.58. The summed E-state index contributed by atoms with van der Waals surface area (Å²) in [6.07, 6.45) is 0. The second-order valence-corrected chi connectivity index (χ2v) is 7.31. The van der Waals surface area contributed by atoms with E-state index in [4.69, 9.17) is 5.11 Å². The van der Waals surface area contributed by atoms with Crippen molar-refractivity contribution in [2.24, 2.45) is 5.41 Å². The van der Waals surface area contributed by atoms with Crippen LogP contribution in [0.3, 0.4) is 0 Å². The van der Waals surface area contributed by atoms with Crippen molar-refractivity contribution < 1.29 is 17.9 Å². The van der Waals surface area contributed by atoms with Gasteiger partial charge in [-0.05, 0) is 30.0 Å². The lowest BCUT2D eigenvalue weighted by atomic mass is 9.89. The molecule has 0 amide bonds. The van der Waals surface area contributed by atoms with E-state index in [9.17, 15) is 12.8 Å². The van der Waals surface area contributed by atoms with Gasteiger partial charge in [0.25, 0.3) is 0 Å². The highest BCUT2D eigenvalue weighted by Crippen LogP contribution is 2.22. The van der Waals surface area contributed by atoms with Crippen LogP contribution in [0, 0.1) is 11.2 Å². The predicted molar refractivity (Wildman–Crippen MR) is 71.6 cm³/mol. The molecule has 6 heteroatoms. The number of nitrogens with one attached hydrogen (secondary N) is 1. The molecule has 0 aliphatic carbocycles. The molecule has 0 aliphatic heterocycles. The Morgan fingerprint density at radius 3 is 2.42 bits per heavy atom. The number of benzene rings is 1. The molecule has 2 N–H and O–H groups in total. The predicted octanol–water partition coefficient (Wildman–Crippen LogP) is 2.03. The number of rotatable bonds is 4. The second kappa shape index (κ2) is 5.56. The number of aliphatic hydroxyl groups excluding tert-OH is 1. The van der Waals surface area contributed by atoms with E-state index in [0.717, 1.165) is 12.1 Å². The van der Waals surface area contributed by atoms with E-state index in [1.54, 1.807) is 6.92 Å². The van der Waals surface area contributed by atoms with Crippen molar-refractivity contribution in [3.8, 4) is 0 Å². The molecule has 4 nitrogen and oxygen atoms in total. The van der Waals surface area contributed by atoms with Crippen molar-refractivity contribution in [1.82, 2.24) is 4.72 Å². The molecular formula is C13H20FNO3S. The molecule has 0 heterocycles. The lowest BCUT2D eigenvalue weighted by Crippen LogP contribution is -2.41. The molecular weight excluding hydrogens is 269 g/mol. The minimum atomic E-state index is -3.94. The molecule has 1 rings (SSSR count). The Morgan fingerprint density at radius 2 is 1.95 bits per heavy atom. The van der Waals surface area contributed by atoms with Crippen LogP contribution in [0.2, 0.25) is 0 Å². The highest BCUT2D eigenvalue weighted by atomic mass is 32.2. The lowest BCUT2D eigenvalue weighted by molar-refractivity contribution is 0.281. The van der Waals surface area contributed by atoms with Gasteiger partial charge in [-0.15, -0.1) is 0 Å². The van der Waals surface area contributed by atoms with Crippen LogP contribution in [0.4, 0.5) is 4.39 Å². The average molecular weight is 289 g/mol. The van der Waals surface area contributed by atoms with Gasteiger partial charge in [-0.2, -0.15) is 0 Å². The number of aliphatic hydroxyl groups is 1. The molecule has 1 aromatic carbocycles. The highest BCUT2D eigenvalue weighted by molar-refractivity contribution is 7.89. The maximum absolute atomic E-state index is 13.6. The fourth-order valence-electron chi connectivity index (χ4n) is 1.33. The Kier molecular flexibility index (Phi) is 4.71. The summed E-state index contributed by atoms with van der Waals surface area (Å²) in [5, 5.41) is 8.99. The summed E-state index contributed by atoms with van der Waals surface area (Å²) in [6.45, 7) is 7.06. The van der Waals surface area contributed by atoms with Gasteiger partial charge in [0.1, 0.15) is 10.7 Å². The summed E-state index contributed by atoms with van der Waals surface area (Å²) in [4.78, 5) is -0.435. The Balaban J connectivity index is 3.14. The second-order valence-electron chi connectivity index (χ2n) is 5.63. The minimum absolute atomic E-state index is 0.280. The molecule has 1 aromatic rings. The maximum Gasteiger partial charge on any atom is 0.243 e. The Bertz CT molecular complexity index is 549. The molecule has 0 radical (unpaired) electrons. The Labute approximate surface area is 113 Å². The summed E-state index contributed by atoms with van der Waals surface area (Å²) in [5.74, 6) is -0.828. The molecule has 0 fully saturated rings. The van der Waals surface area contributed by atoms with E-state index in [2.05, 4.69) is 4.72 Å². The van der Waals surface area contributed by atoms with Crippen LogP contribution in [0.1, 0.15) is 33.3 Å². The first kappa shape index (κ1) is 16.1. The van der Waals surface area contributed by atoms with Crippen molar-refractivity contribution in [3.63, 3.8) is 0 Å². The minimum Gasteiger partial charge on any atom is -0.392 e. The number of halogens is 1. The van der Waals surface area contributed by atoms with Crippen LogP contribution >= 0.6 is 0 Å². The molecule has 0 aliphatic rings. The van der Waals surface area contributed by atoms with Crippen molar-refractivity contribution in [1.29, 1.82) is 0 Å². The van der Waals surface area contributed by atoms with Crippen molar-refractivity contribution in [2.45, 2.75) is 45.2 Å². The standard InChI is InChI=1S/C13H20FNO3S/c1-9(13(2,3)4)15-19(17,18)12-7-10(8-16)5-6-11(12)14/h5-7,9,15-16H,8H2,1-4H3. The van der Waals surface area contributed by atoms with Gasteiger partial charge < -0.3 is 5.11 Å². The summed E-state index contributed by atoms with van der Waals surface area (Å²) < 4.78 is 40.4. The normalized spacial score (nSPS) is 14.4. The van der Waals surface area contributed by atoms with Gasteiger partial charge in [-0.25, -0.2) is 17.5 Å². The number of sulfonamides is 1. The van der Waals surface area contributed by atoms with Crippen LogP contribution in [-0.4, -0.2) is 19.6 Å². The first-order valence-electron chi connectivity index (χ1n) is 5.99. The van der Waals surface area contributed by atoms with Crippen LogP contribution in [-0.2, 0) is 16.6 Å². The summed E-state index contributed by atoms with van der Waals surface area (Å²) in [6, 6.07) is 3.19. The largest absolute Gasteiger partial charge is 0.392 e. The van der Waals surface area contributed by atoms with Crippen LogP contribution < -0.4 is 4.72 Å². The zero-order chi connectivity index (χ0) is 14.8. The zero-order valence-electron chi connectivity index (χ0n) is 11.6. The number of hydrogen-bond donors (Lipinski definition) is 2. The van der Waals surface area contributed by atoms with Crippen molar-refractivity contribution >= 4 is 10.0 Å². The van der Waals surface area contributed by atoms with Crippen LogP contribution in [0.5, 0.6) is 0 Å². The van der Waals surface area contributed by atoms with Crippen LogP contribution in [0.15, 0.2) is 23.1 Å². The molecule has 0 spiro atoms. The average Bonchev–Trinajstić information content (AvgIpc) is 2.27. The third-order valence-electron chi connectivity index (χ3n) is 3.10.